The van der Waals surface area contributed by atoms with Gasteiger partial charge in [0.05, 0.1) is 4.88 Å². The van der Waals surface area contributed by atoms with E-state index in [4.69, 9.17) is 5.11 Å². The highest BCUT2D eigenvalue weighted by molar-refractivity contribution is 7.14. The van der Waals surface area contributed by atoms with E-state index in [0.717, 1.165) is 23.8 Å². The minimum absolute atomic E-state index is 0.0884. The van der Waals surface area contributed by atoms with E-state index in [2.05, 4.69) is 19.2 Å². The van der Waals surface area contributed by atoms with Crippen LogP contribution in [0.5, 0.6) is 0 Å². The van der Waals surface area contributed by atoms with Crippen LogP contribution in [0.2, 0.25) is 0 Å². The number of carboxylic acid groups (broad SMARTS) is 1. The number of aliphatic carboxylic acids is 1. The standard InChI is InChI=1S/C15H21NO3S/c1-11(2)5-3-4-10-16-15(19)13-8-6-12(20-13)7-9-14(17)18/h6-9,11H,3-5,10H2,1-2H3,(H,16,19)(H,17,18)/b9-7+. The van der Waals surface area contributed by atoms with Crippen LogP contribution in [-0.4, -0.2) is 23.5 Å². The Hall–Kier alpha value is -1.62. The quantitative estimate of drug-likeness (QED) is 0.570. The molecule has 110 valence electrons. The van der Waals surface area contributed by atoms with Gasteiger partial charge in [0, 0.05) is 17.5 Å². The largest absolute Gasteiger partial charge is 0.478 e. The van der Waals surface area contributed by atoms with Gasteiger partial charge in [-0.05, 0) is 30.5 Å². The van der Waals surface area contributed by atoms with Crippen molar-refractivity contribution in [3.63, 3.8) is 0 Å². The lowest BCUT2D eigenvalue weighted by atomic mass is 10.1. The number of hydrogen-bond acceptors (Lipinski definition) is 3. The topological polar surface area (TPSA) is 66.4 Å². The molecule has 0 spiro atoms. The summed E-state index contributed by atoms with van der Waals surface area (Å²) in [5.41, 5.74) is 0. The molecule has 4 nitrogen and oxygen atoms in total. The number of hydrogen-bond donors (Lipinski definition) is 2. The third-order valence-corrected chi connectivity index (χ3v) is 3.78. The lowest BCUT2D eigenvalue weighted by Gasteiger charge is -2.05. The Bertz CT molecular complexity index is 477. The summed E-state index contributed by atoms with van der Waals surface area (Å²) in [6.45, 7) is 5.07. The third kappa shape index (κ3) is 6.52. The highest BCUT2D eigenvalue weighted by Gasteiger charge is 2.07. The van der Waals surface area contributed by atoms with Gasteiger partial charge in [-0.1, -0.05) is 26.7 Å². The molecule has 0 radical (unpaired) electrons. The lowest BCUT2D eigenvalue weighted by Crippen LogP contribution is -2.23. The fourth-order valence-corrected chi connectivity index (χ4v) is 2.51. The minimum Gasteiger partial charge on any atom is -0.478 e. The summed E-state index contributed by atoms with van der Waals surface area (Å²) in [6.07, 6.45) is 5.85. The van der Waals surface area contributed by atoms with Crippen molar-refractivity contribution in [2.24, 2.45) is 5.92 Å². The molecule has 1 aromatic rings. The second-order valence-electron chi connectivity index (χ2n) is 5.02. The average Bonchev–Trinajstić information content (AvgIpc) is 2.84. The van der Waals surface area contributed by atoms with Gasteiger partial charge < -0.3 is 10.4 Å². The van der Waals surface area contributed by atoms with E-state index in [9.17, 15) is 9.59 Å². The summed E-state index contributed by atoms with van der Waals surface area (Å²) in [4.78, 5) is 23.6. The Morgan fingerprint density at radius 1 is 1.35 bits per heavy atom. The van der Waals surface area contributed by atoms with Crippen molar-refractivity contribution in [3.05, 3.63) is 28.0 Å². The van der Waals surface area contributed by atoms with Gasteiger partial charge in [-0.2, -0.15) is 0 Å². The zero-order chi connectivity index (χ0) is 15.0. The Morgan fingerprint density at radius 3 is 2.75 bits per heavy atom. The van der Waals surface area contributed by atoms with Crippen LogP contribution in [-0.2, 0) is 4.79 Å². The molecule has 1 aromatic heterocycles. The lowest BCUT2D eigenvalue weighted by molar-refractivity contribution is -0.131. The Balaban J connectivity index is 2.35. The molecule has 0 bridgehead atoms. The number of amides is 1. The average molecular weight is 295 g/mol. The van der Waals surface area contributed by atoms with E-state index in [1.165, 1.54) is 23.8 Å². The van der Waals surface area contributed by atoms with E-state index < -0.39 is 5.97 Å². The number of nitrogens with one attached hydrogen (secondary N) is 1. The summed E-state index contributed by atoms with van der Waals surface area (Å²) in [5.74, 6) is -0.379. The van der Waals surface area contributed by atoms with Gasteiger partial charge in [0.25, 0.3) is 5.91 Å². The van der Waals surface area contributed by atoms with Crippen LogP contribution in [0.4, 0.5) is 0 Å². The van der Waals surface area contributed by atoms with Crippen molar-refractivity contribution in [1.82, 2.24) is 5.32 Å². The third-order valence-electron chi connectivity index (χ3n) is 2.73. The van der Waals surface area contributed by atoms with Gasteiger partial charge in [0.2, 0.25) is 0 Å². The molecule has 1 heterocycles. The fraction of sp³-hybridized carbons (Fsp3) is 0.467. The van der Waals surface area contributed by atoms with Gasteiger partial charge in [-0.15, -0.1) is 11.3 Å². The van der Waals surface area contributed by atoms with Gasteiger partial charge in [0.1, 0.15) is 0 Å². The molecule has 0 unspecified atom stereocenters. The van der Waals surface area contributed by atoms with E-state index in [-0.39, 0.29) is 5.91 Å². The molecule has 0 aromatic carbocycles. The second kappa shape index (κ2) is 8.53. The van der Waals surface area contributed by atoms with Crippen molar-refractivity contribution < 1.29 is 14.7 Å². The molecule has 5 heteroatoms. The molecule has 2 N–H and O–H groups in total. The molecule has 1 rings (SSSR count). The monoisotopic (exact) mass is 295 g/mol. The van der Waals surface area contributed by atoms with Crippen molar-refractivity contribution >= 4 is 29.3 Å². The highest BCUT2D eigenvalue weighted by Crippen LogP contribution is 2.17. The number of thiophene rings is 1. The van der Waals surface area contributed by atoms with Crippen molar-refractivity contribution in [2.45, 2.75) is 33.1 Å². The summed E-state index contributed by atoms with van der Waals surface area (Å²) in [6, 6.07) is 3.47. The molecule has 0 saturated carbocycles. The maximum Gasteiger partial charge on any atom is 0.328 e. The van der Waals surface area contributed by atoms with Crippen LogP contribution < -0.4 is 5.32 Å². The molecule has 20 heavy (non-hydrogen) atoms. The first-order valence-electron chi connectivity index (χ1n) is 6.78. The molecular formula is C15H21NO3S. The maximum atomic E-state index is 11.9. The number of rotatable bonds is 8. The SMILES string of the molecule is CC(C)CCCCNC(=O)c1ccc(/C=C/C(=O)O)s1. The molecule has 0 saturated heterocycles. The molecular weight excluding hydrogens is 274 g/mol. The Labute approximate surface area is 123 Å². The zero-order valence-electron chi connectivity index (χ0n) is 11.9. The van der Waals surface area contributed by atoms with Gasteiger partial charge in [-0.25, -0.2) is 4.79 Å². The number of unbranched alkanes of at least 4 members (excludes halogenated alkanes) is 1. The second-order valence-corrected chi connectivity index (χ2v) is 6.13. The fourth-order valence-electron chi connectivity index (χ4n) is 1.68. The van der Waals surface area contributed by atoms with Crippen LogP contribution in [0.1, 0.15) is 47.7 Å². The van der Waals surface area contributed by atoms with Gasteiger partial charge in [0.15, 0.2) is 0 Å². The number of carbonyl (C=O) groups excluding carboxylic acids is 1. The Morgan fingerprint density at radius 2 is 2.10 bits per heavy atom. The number of carbonyl (C=O) groups is 2. The van der Waals surface area contributed by atoms with Gasteiger partial charge >= 0.3 is 5.97 Å². The van der Waals surface area contributed by atoms with E-state index >= 15 is 0 Å². The smallest absolute Gasteiger partial charge is 0.328 e. The van der Waals surface area contributed by atoms with E-state index in [1.54, 1.807) is 12.1 Å². The molecule has 0 aliphatic carbocycles. The Kier molecular flexibility index (Phi) is 7.01. The van der Waals surface area contributed by atoms with Crippen LogP contribution in [0.15, 0.2) is 18.2 Å². The van der Waals surface area contributed by atoms with Gasteiger partial charge in [-0.3, -0.25) is 4.79 Å². The molecule has 0 aliphatic rings. The van der Waals surface area contributed by atoms with Crippen LogP contribution >= 0.6 is 11.3 Å². The first kappa shape index (κ1) is 16.4. The van der Waals surface area contributed by atoms with Crippen LogP contribution in [0.25, 0.3) is 6.08 Å². The molecule has 1 amide bonds. The minimum atomic E-state index is -0.991. The predicted octanol–water partition coefficient (Wildman–Crippen LogP) is 3.40. The molecule has 0 atom stereocenters. The normalized spacial score (nSPS) is 11.2. The zero-order valence-corrected chi connectivity index (χ0v) is 12.7. The number of carboxylic acids is 1. The van der Waals surface area contributed by atoms with Crippen LogP contribution in [0, 0.1) is 5.92 Å². The van der Waals surface area contributed by atoms with Crippen molar-refractivity contribution in [1.29, 1.82) is 0 Å². The summed E-state index contributed by atoms with van der Waals surface area (Å²) < 4.78 is 0. The first-order valence-corrected chi connectivity index (χ1v) is 7.59. The first-order chi connectivity index (χ1) is 9.49. The predicted molar refractivity (Wildman–Crippen MR) is 82.0 cm³/mol. The summed E-state index contributed by atoms with van der Waals surface area (Å²) >= 11 is 1.29. The van der Waals surface area contributed by atoms with Crippen molar-refractivity contribution in [2.75, 3.05) is 6.54 Å². The molecule has 0 aliphatic heterocycles. The van der Waals surface area contributed by atoms with E-state index in [0.29, 0.717) is 17.3 Å². The van der Waals surface area contributed by atoms with Crippen molar-refractivity contribution in [3.8, 4) is 0 Å². The summed E-state index contributed by atoms with van der Waals surface area (Å²) in [7, 11) is 0. The van der Waals surface area contributed by atoms with Crippen LogP contribution in [0.3, 0.4) is 0 Å². The highest BCUT2D eigenvalue weighted by atomic mass is 32.1. The molecule has 0 fully saturated rings. The maximum absolute atomic E-state index is 11.9. The van der Waals surface area contributed by atoms with E-state index in [1.807, 2.05) is 0 Å². The summed E-state index contributed by atoms with van der Waals surface area (Å²) in [5, 5.41) is 11.4.